The lowest BCUT2D eigenvalue weighted by Crippen LogP contribution is -2.03. The van der Waals surface area contributed by atoms with Gasteiger partial charge in [-0.25, -0.2) is 0 Å². The molecule has 0 radical (unpaired) electrons. The standard InChI is InChI=1S/C11H9N3O2/c12-10-5-9(14-16-10)6-1-2-7-4-11(15)13-8(7)3-6/h1-3,5H,4,12H2,(H,13,15). The van der Waals surface area contributed by atoms with Gasteiger partial charge in [-0.05, 0) is 11.6 Å². The Morgan fingerprint density at radius 1 is 1.38 bits per heavy atom. The molecule has 1 aromatic heterocycles. The van der Waals surface area contributed by atoms with Gasteiger partial charge < -0.3 is 15.6 Å². The van der Waals surface area contributed by atoms with Gasteiger partial charge in [0.2, 0.25) is 11.8 Å². The van der Waals surface area contributed by atoms with Gasteiger partial charge in [-0.3, -0.25) is 4.79 Å². The van der Waals surface area contributed by atoms with Crippen molar-refractivity contribution in [2.45, 2.75) is 6.42 Å². The summed E-state index contributed by atoms with van der Waals surface area (Å²) in [7, 11) is 0. The number of hydrogen-bond donors (Lipinski definition) is 2. The number of benzene rings is 1. The predicted octanol–water partition coefficient (Wildman–Crippen LogP) is 1.42. The first-order valence-corrected chi connectivity index (χ1v) is 4.88. The molecule has 0 bridgehead atoms. The number of carbonyl (C=O) groups excluding carboxylic acids is 1. The van der Waals surface area contributed by atoms with Crippen LogP contribution in [0.25, 0.3) is 11.3 Å². The van der Waals surface area contributed by atoms with Gasteiger partial charge >= 0.3 is 0 Å². The monoisotopic (exact) mass is 215 g/mol. The second-order valence-corrected chi connectivity index (χ2v) is 3.71. The van der Waals surface area contributed by atoms with Gasteiger partial charge in [0.15, 0.2) is 0 Å². The Kier molecular flexibility index (Phi) is 1.73. The van der Waals surface area contributed by atoms with Gasteiger partial charge in [0.1, 0.15) is 5.69 Å². The molecule has 5 nitrogen and oxygen atoms in total. The molecule has 1 aliphatic heterocycles. The number of anilines is 2. The van der Waals surface area contributed by atoms with Gasteiger partial charge in [-0.2, -0.15) is 0 Å². The Labute approximate surface area is 91.2 Å². The summed E-state index contributed by atoms with van der Waals surface area (Å²) >= 11 is 0. The van der Waals surface area contributed by atoms with Crippen LogP contribution in [0.4, 0.5) is 11.6 Å². The topological polar surface area (TPSA) is 81.1 Å². The van der Waals surface area contributed by atoms with Crippen molar-refractivity contribution >= 4 is 17.5 Å². The van der Waals surface area contributed by atoms with Crippen molar-refractivity contribution in [1.82, 2.24) is 5.16 Å². The summed E-state index contributed by atoms with van der Waals surface area (Å²) < 4.78 is 4.80. The first-order valence-electron chi connectivity index (χ1n) is 4.88. The molecular formula is C11H9N3O2. The maximum absolute atomic E-state index is 11.2. The van der Waals surface area contributed by atoms with Gasteiger partial charge in [0.05, 0.1) is 6.42 Å². The Bertz CT molecular complexity index is 574. The van der Waals surface area contributed by atoms with Crippen molar-refractivity contribution < 1.29 is 9.32 Å². The first kappa shape index (κ1) is 8.96. The molecule has 0 spiro atoms. The lowest BCUT2D eigenvalue weighted by atomic mass is 10.1. The Morgan fingerprint density at radius 2 is 2.25 bits per heavy atom. The van der Waals surface area contributed by atoms with Crippen LogP contribution >= 0.6 is 0 Å². The summed E-state index contributed by atoms with van der Waals surface area (Å²) in [5.74, 6) is 0.298. The number of rotatable bonds is 1. The van der Waals surface area contributed by atoms with Gasteiger partial charge in [-0.15, -0.1) is 0 Å². The van der Waals surface area contributed by atoms with E-state index in [9.17, 15) is 4.79 Å². The fraction of sp³-hybridized carbons (Fsp3) is 0.0909. The molecule has 0 saturated heterocycles. The average Bonchev–Trinajstić information content (AvgIpc) is 2.81. The van der Waals surface area contributed by atoms with Crippen molar-refractivity contribution in [3.63, 3.8) is 0 Å². The Balaban J connectivity index is 2.05. The third-order valence-electron chi connectivity index (χ3n) is 2.56. The molecule has 1 amide bonds. The zero-order chi connectivity index (χ0) is 11.1. The third-order valence-corrected chi connectivity index (χ3v) is 2.56. The van der Waals surface area contributed by atoms with Crippen molar-refractivity contribution in [1.29, 1.82) is 0 Å². The minimum atomic E-state index is 0.0202. The van der Waals surface area contributed by atoms with E-state index in [-0.39, 0.29) is 11.8 Å². The fourth-order valence-corrected chi connectivity index (χ4v) is 1.80. The Morgan fingerprint density at radius 3 is 3.00 bits per heavy atom. The lowest BCUT2D eigenvalue weighted by molar-refractivity contribution is -0.115. The van der Waals surface area contributed by atoms with E-state index in [2.05, 4.69) is 10.5 Å². The van der Waals surface area contributed by atoms with Crippen molar-refractivity contribution in [3.8, 4) is 11.3 Å². The highest BCUT2D eigenvalue weighted by Crippen LogP contribution is 2.29. The van der Waals surface area contributed by atoms with Gasteiger partial charge in [0.25, 0.3) is 0 Å². The number of carbonyl (C=O) groups is 1. The highest BCUT2D eigenvalue weighted by atomic mass is 16.5. The minimum Gasteiger partial charge on any atom is -0.368 e. The van der Waals surface area contributed by atoms with Crippen LogP contribution in [0, 0.1) is 0 Å². The van der Waals surface area contributed by atoms with E-state index in [0.717, 1.165) is 16.8 Å². The van der Waals surface area contributed by atoms with Crippen LogP contribution in [0.1, 0.15) is 5.56 Å². The van der Waals surface area contributed by atoms with E-state index < -0.39 is 0 Å². The minimum absolute atomic E-state index is 0.0202. The molecule has 3 rings (SSSR count). The SMILES string of the molecule is Nc1cc(-c2ccc3c(c2)NC(=O)C3)no1. The zero-order valence-corrected chi connectivity index (χ0v) is 8.36. The van der Waals surface area contributed by atoms with E-state index >= 15 is 0 Å². The smallest absolute Gasteiger partial charge is 0.228 e. The quantitative estimate of drug-likeness (QED) is 0.753. The summed E-state index contributed by atoms with van der Waals surface area (Å²) in [5, 5.41) is 6.60. The number of nitrogens with one attached hydrogen (secondary N) is 1. The Hall–Kier alpha value is -2.30. The molecule has 0 fully saturated rings. The number of nitrogen functional groups attached to an aromatic ring is 1. The maximum Gasteiger partial charge on any atom is 0.228 e. The molecule has 3 N–H and O–H groups in total. The molecule has 0 atom stereocenters. The second kappa shape index (κ2) is 3.10. The lowest BCUT2D eigenvalue weighted by Gasteiger charge is -2.00. The zero-order valence-electron chi connectivity index (χ0n) is 8.36. The van der Waals surface area contributed by atoms with E-state index in [0.29, 0.717) is 12.1 Å². The van der Waals surface area contributed by atoms with E-state index in [1.54, 1.807) is 6.07 Å². The summed E-state index contributed by atoms with van der Waals surface area (Å²) in [4.78, 5) is 11.2. The van der Waals surface area contributed by atoms with Crippen molar-refractivity contribution in [3.05, 3.63) is 29.8 Å². The molecule has 0 unspecified atom stereocenters. The van der Waals surface area contributed by atoms with Crippen molar-refractivity contribution in [2.24, 2.45) is 0 Å². The van der Waals surface area contributed by atoms with E-state index in [4.69, 9.17) is 10.3 Å². The summed E-state index contributed by atoms with van der Waals surface area (Å²) in [6.45, 7) is 0. The first-order chi connectivity index (χ1) is 7.72. The number of fused-ring (bicyclic) bond motifs is 1. The molecular weight excluding hydrogens is 206 g/mol. The molecule has 16 heavy (non-hydrogen) atoms. The maximum atomic E-state index is 11.2. The molecule has 1 aliphatic rings. The second-order valence-electron chi connectivity index (χ2n) is 3.71. The van der Waals surface area contributed by atoms with E-state index in [1.807, 2.05) is 18.2 Å². The number of nitrogens with zero attached hydrogens (tertiary/aromatic N) is 1. The fourth-order valence-electron chi connectivity index (χ4n) is 1.80. The summed E-state index contributed by atoms with van der Waals surface area (Å²) in [6, 6.07) is 7.33. The average molecular weight is 215 g/mol. The van der Waals surface area contributed by atoms with Crippen LogP contribution < -0.4 is 11.1 Å². The molecule has 0 aliphatic carbocycles. The van der Waals surface area contributed by atoms with Crippen LogP contribution in [0.5, 0.6) is 0 Å². The van der Waals surface area contributed by atoms with Gasteiger partial charge in [-0.1, -0.05) is 17.3 Å². The summed E-state index contributed by atoms with van der Waals surface area (Å²) in [6.07, 6.45) is 0.441. The largest absolute Gasteiger partial charge is 0.368 e. The molecule has 2 aromatic rings. The molecule has 2 heterocycles. The van der Waals surface area contributed by atoms with Crippen LogP contribution in [0.15, 0.2) is 28.8 Å². The number of aromatic nitrogens is 1. The van der Waals surface area contributed by atoms with Crippen molar-refractivity contribution in [2.75, 3.05) is 11.1 Å². The predicted molar refractivity (Wildman–Crippen MR) is 58.7 cm³/mol. The van der Waals surface area contributed by atoms with Crippen LogP contribution in [-0.4, -0.2) is 11.1 Å². The number of amides is 1. The molecule has 80 valence electrons. The third kappa shape index (κ3) is 1.33. The molecule has 1 aromatic carbocycles. The number of hydrogen-bond acceptors (Lipinski definition) is 4. The highest BCUT2D eigenvalue weighted by molar-refractivity contribution is 5.99. The number of nitrogens with two attached hydrogens (primary N) is 1. The van der Waals surface area contributed by atoms with Gasteiger partial charge in [0, 0.05) is 17.3 Å². The molecule has 0 saturated carbocycles. The summed E-state index contributed by atoms with van der Waals surface area (Å²) in [5.41, 5.74) is 8.84. The normalized spacial score (nSPS) is 13.6. The van der Waals surface area contributed by atoms with Crippen LogP contribution in [0.3, 0.4) is 0 Å². The van der Waals surface area contributed by atoms with Crippen LogP contribution in [-0.2, 0) is 11.2 Å². The van der Waals surface area contributed by atoms with Crippen LogP contribution in [0.2, 0.25) is 0 Å². The highest BCUT2D eigenvalue weighted by Gasteiger charge is 2.18. The molecule has 5 heteroatoms. The van der Waals surface area contributed by atoms with E-state index in [1.165, 1.54) is 0 Å².